The van der Waals surface area contributed by atoms with Gasteiger partial charge in [0.1, 0.15) is 37.1 Å². The fraction of sp³-hybridized carbons (Fsp3) is 0.280. The maximum absolute atomic E-state index is 7.32. The first-order valence-electron chi connectivity index (χ1n) is 19.2. The molecule has 56 heavy (non-hydrogen) atoms. The Morgan fingerprint density at radius 3 is 0.875 bits per heavy atom. The topological polar surface area (TPSA) is 49.6 Å². The summed E-state index contributed by atoms with van der Waals surface area (Å²) in [4.78, 5) is 10.1. The van der Waals surface area contributed by atoms with Crippen molar-refractivity contribution in [3.8, 4) is 6.07 Å². The first-order chi connectivity index (χ1) is 26.0. The standard InChI is InChI=1S/2C21H22NP.C5H10.C2H3N.CH3.Ru/c2*1-21(2,3)19-15-10-16-20(22-19)23(17-11-6-4-7-12-17)18-13-8-5-9-14-18;1-2-4-5-3-1;1-2-3;;/h2*4-16H,1-3H3;1-5H2;1H3;1H3;/q;;;;-1;+1/p+2. The van der Waals surface area contributed by atoms with Crippen LogP contribution in [0, 0.1) is 18.8 Å². The van der Waals surface area contributed by atoms with Gasteiger partial charge in [-0.25, -0.2) is 9.97 Å². The van der Waals surface area contributed by atoms with Crippen LogP contribution in [0.4, 0.5) is 0 Å². The molecule has 4 aromatic carbocycles. The average Bonchev–Trinajstić information content (AvgIpc) is 3.78. The van der Waals surface area contributed by atoms with Gasteiger partial charge in [0.15, 0.2) is 10.9 Å². The van der Waals surface area contributed by atoms with Crippen molar-refractivity contribution in [2.24, 2.45) is 0 Å². The monoisotopic (exact) mass is 868 g/mol. The zero-order valence-corrected chi connectivity index (χ0v) is 38.5. The van der Waals surface area contributed by atoms with Crippen molar-refractivity contribution in [3.05, 3.63) is 177 Å². The van der Waals surface area contributed by atoms with E-state index in [1.165, 1.54) is 71.1 Å². The second kappa shape index (κ2) is 24.7. The van der Waals surface area contributed by atoms with E-state index >= 15 is 0 Å². The van der Waals surface area contributed by atoms with Gasteiger partial charge in [0.2, 0.25) is 0 Å². The first-order valence-corrected chi connectivity index (χ1v) is 22.2. The SMILES string of the molecule is C1CCCC1.CC#N.CC(C)(C)c1cccc([PH+](c2ccccc2)c2ccccc2)n1.CC(C)(C)c1cccc([PH+](c2ccccc2)c2ccccc2)n1.[CH3-].[Ru+]. The van der Waals surface area contributed by atoms with E-state index in [0.717, 1.165) is 11.4 Å². The third-order valence-electron chi connectivity index (χ3n) is 9.05. The molecule has 6 heteroatoms. The normalized spacial score (nSPS) is 11.9. The van der Waals surface area contributed by atoms with E-state index in [4.69, 9.17) is 15.2 Å². The summed E-state index contributed by atoms with van der Waals surface area (Å²) in [6.07, 6.45) is 7.50. The van der Waals surface area contributed by atoms with Crippen LogP contribution in [0.5, 0.6) is 0 Å². The van der Waals surface area contributed by atoms with Crippen molar-refractivity contribution in [2.45, 2.75) is 91.4 Å². The molecule has 1 radical (unpaired) electrons. The largest absolute Gasteiger partial charge is 1.00 e. The van der Waals surface area contributed by atoms with Gasteiger partial charge in [-0.2, -0.15) is 5.26 Å². The van der Waals surface area contributed by atoms with Crippen molar-refractivity contribution in [2.75, 3.05) is 0 Å². The summed E-state index contributed by atoms with van der Waals surface area (Å²) in [7, 11) is -2.14. The van der Waals surface area contributed by atoms with Crippen molar-refractivity contribution < 1.29 is 19.5 Å². The number of benzene rings is 4. The molecule has 7 rings (SSSR count). The number of hydrogen-bond acceptors (Lipinski definition) is 3. The van der Waals surface area contributed by atoms with Crippen molar-refractivity contribution in [1.29, 1.82) is 5.26 Å². The van der Waals surface area contributed by atoms with Gasteiger partial charge in [-0.05, 0) is 60.7 Å². The van der Waals surface area contributed by atoms with Gasteiger partial charge < -0.3 is 7.43 Å². The predicted molar refractivity (Wildman–Crippen MR) is 247 cm³/mol. The number of nitrogens with zero attached hydrogens (tertiary/aromatic N) is 3. The number of pyridine rings is 2. The summed E-state index contributed by atoms with van der Waals surface area (Å²) in [5, 5.41) is 12.8. The number of hydrogen-bond donors (Lipinski definition) is 0. The van der Waals surface area contributed by atoms with Crippen LogP contribution in [0.25, 0.3) is 0 Å². The molecule has 0 aliphatic heterocycles. The summed E-state index contributed by atoms with van der Waals surface area (Å²) in [6, 6.07) is 57.8. The Hall–Kier alpha value is -3.85. The minimum atomic E-state index is -1.07. The molecular formula is C50H62N3P2Ru+2. The molecule has 0 unspecified atom stereocenters. The summed E-state index contributed by atoms with van der Waals surface area (Å²) in [5.41, 5.74) is 4.86. The molecule has 1 saturated carbocycles. The molecule has 0 saturated heterocycles. The van der Waals surface area contributed by atoms with E-state index in [1.807, 2.05) is 0 Å². The fourth-order valence-corrected chi connectivity index (χ4v) is 11.2. The zero-order valence-electron chi connectivity index (χ0n) is 34.7. The molecule has 2 aromatic heterocycles. The molecular weight excluding hydrogens is 806 g/mol. The van der Waals surface area contributed by atoms with Gasteiger partial charge in [-0.15, -0.1) is 0 Å². The van der Waals surface area contributed by atoms with E-state index < -0.39 is 15.8 Å². The smallest absolute Gasteiger partial charge is 0.358 e. The third kappa shape index (κ3) is 15.2. The van der Waals surface area contributed by atoms with Gasteiger partial charge in [0, 0.05) is 41.3 Å². The maximum Gasteiger partial charge on any atom is 1.00 e. The molecule has 0 spiro atoms. The second-order valence-electron chi connectivity index (χ2n) is 15.5. The minimum Gasteiger partial charge on any atom is -0.358 e. The summed E-state index contributed by atoms with van der Waals surface area (Å²) in [6.45, 7) is 14.7. The fourth-order valence-electron chi connectivity index (χ4n) is 6.21. The Balaban J connectivity index is 0.000000314. The number of rotatable bonds is 6. The molecule has 1 fully saturated rings. The summed E-state index contributed by atoms with van der Waals surface area (Å²) in [5.74, 6) is 0. The van der Waals surface area contributed by atoms with Crippen molar-refractivity contribution >= 4 is 47.9 Å². The van der Waals surface area contributed by atoms with Crippen molar-refractivity contribution in [1.82, 2.24) is 9.97 Å². The zero-order chi connectivity index (χ0) is 38.8. The Bertz CT molecular complexity index is 1760. The van der Waals surface area contributed by atoms with Gasteiger partial charge in [-0.1, -0.05) is 159 Å². The Morgan fingerprint density at radius 2 is 0.661 bits per heavy atom. The van der Waals surface area contributed by atoms with Crippen molar-refractivity contribution in [3.63, 3.8) is 0 Å². The van der Waals surface area contributed by atoms with Crippen LogP contribution in [0.2, 0.25) is 0 Å². The van der Waals surface area contributed by atoms with E-state index in [-0.39, 0.29) is 37.7 Å². The molecule has 6 aromatic rings. The van der Waals surface area contributed by atoms with Crippen LogP contribution >= 0.6 is 15.8 Å². The first kappa shape index (κ1) is 48.3. The molecule has 1 aliphatic rings. The van der Waals surface area contributed by atoms with Gasteiger partial charge in [0.25, 0.3) is 0 Å². The Kier molecular flexibility index (Phi) is 21.3. The van der Waals surface area contributed by atoms with Crippen LogP contribution < -0.4 is 32.1 Å². The van der Waals surface area contributed by atoms with E-state index in [1.54, 1.807) is 6.07 Å². The van der Waals surface area contributed by atoms with Gasteiger partial charge in [-0.3, -0.25) is 0 Å². The number of aromatic nitrogens is 2. The second-order valence-corrected chi connectivity index (χ2v) is 20.4. The molecule has 2 heterocycles. The Morgan fingerprint density at radius 1 is 0.429 bits per heavy atom. The van der Waals surface area contributed by atoms with E-state index in [9.17, 15) is 0 Å². The molecule has 1 aliphatic carbocycles. The maximum atomic E-state index is 7.32. The summed E-state index contributed by atoms with van der Waals surface area (Å²) < 4.78 is 0. The van der Waals surface area contributed by atoms with Crippen LogP contribution in [-0.2, 0) is 30.3 Å². The van der Waals surface area contributed by atoms with Crippen LogP contribution in [-0.4, -0.2) is 9.97 Å². The molecule has 3 nitrogen and oxygen atoms in total. The third-order valence-corrected chi connectivity index (χ3v) is 14.3. The molecule has 293 valence electrons. The molecule has 0 N–H and O–H groups in total. The van der Waals surface area contributed by atoms with Crippen LogP contribution in [0.1, 0.15) is 92.0 Å². The Labute approximate surface area is 354 Å². The molecule has 0 amide bonds. The predicted octanol–water partition coefficient (Wildman–Crippen LogP) is 10.7. The van der Waals surface area contributed by atoms with Gasteiger partial charge >= 0.3 is 19.5 Å². The van der Waals surface area contributed by atoms with Crippen LogP contribution in [0.15, 0.2) is 158 Å². The minimum absolute atomic E-state index is 0. The number of nitriles is 1. The molecule has 0 bridgehead atoms. The van der Waals surface area contributed by atoms with Gasteiger partial charge in [0.05, 0.1) is 6.07 Å². The van der Waals surface area contributed by atoms with Crippen LogP contribution in [0.3, 0.4) is 0 Å². The van der Waals surface area contributed by atoms with E-state index in [0.29, 0.717) is 0 Å². The average molecular weight is 868 g/mol. The van der Waals surface area contributed by atoms with E-state index in [2.05, 4.69) is 199 Å². The summed E-state index contributed by atoms with van der Waals surface area (Å²) >= 11 is 0. The molecule has 0 atom stereocenters. The quantitative estimate of drug-likeness (QED) is 0.0952.